The second-order valence-electron chi connectivity index (χ2n) is 4.02. The normalized spacial score (nSPS) is 20.8. The van der Waals surface area contributed by atoms with E-state index in [-0.39, 0.29) is 18.4 Å². The zero-order chi connectivity index (χ0) is 10.8. The minimum absolute atomic E-state index is 0. The molecule has 5 heteroatoms. The second kappa shape index (κ2) is 5.57. The van der Waals surface area contributed by atoms with Gasteiger partial charge in [0.05, 0.1) is 0 Å². The molecule has 0 saturated carbocycles. The quantitative estimate of drug-likeness (QED) is 0.867. The van der Waals surface area contributed by atoms with Crippen molar-refractivity contribution in [2.75, 3.05) is 13.1 Å². The van der Waals surface area contributed by atoms with Crippen molar-refractivity contribution in [2.45, 2.75) is 19.0 Å². The molecule has 2 N–H and O–H groups in total. The standard InChI is InChI=1S/C11H14F2N2.ClH/c12-9-2-1-8(11(13)5-9)6-15-4-3-10(14)7-15;/h1-2,5,10H,3-4,6-7,14H2;1H. The highest BCUT2D eigenvalue weighted by Gasteiger charge is 2.19. The Bertz CT molecular complexity index is 360. The number of hydrogen-bond acceptors (Lipinski definition) is 2. The molecule has 2 nitrogen and oxygen atoms in total. The molecule has 1 unspecified atom stereocenters. The van der Waals surface area contributed by atoms with E-state index in [9.17, 15) is 8.78 Å². The van der Waals surface area contributed by atoms with E-state index in [4.69, 9.17) is 5.73 Å². The molecule has 1 atom stereocenters. The number of nitrogens with two attached hydrogens (primary N) is 1. The van der Waals surface area contributed by atoms with E-state index in [1.165, 1.54) is 12.1 Å². The van der Waals surface area contributed by atoms with Gasteiger partial charge >= 0.3 is 0 Å². The topological polar surface area (TPSA) is 29.3 Å². The van der Waals surface area contributed by atoms with Crippen molar-refractivity contribution in [3.05, 3.63) is 35.4 Å². The molecule has 0 radical (unpaired) electrons. The maximum absolute atomic E-state index is 13.3. The summed E-state index contributed by atoms with van der Waals surface area (Å²) in [5.74, 6) is -1.01. The molecule has 0 aromatic heterocycles. The molecular weight excluding hydrogens is 234 g/mol. The van der Waals surface area contributed by atoms with Crippen LogP contribution in [0.2, 0.25) is 0 Å². The first-order valence-corrected chi connectivity index (χ1v) is 5.07. The van der Waals surface area contributed by atoms with Gasteiger partial charge in [-0.3, -0.25) is 4.90 Å². The van der Waals surface area contributed by atoms with Crippen LogP contribution < -0.4 is 5.73 Å². The molecular formula is C11H15ClF2N2. The second-order valence-corrected chi connectivity index (χ2v) is 4.02. The average molecular weight is 249 g/mol. The Kier molecular flexibility index (Phi) is 4.65. The Labute approximate surface area is 99.8 Å². The maximum atomic E-state index is 13.3. The molecule has 1 saturated heterocycles. The lowest BCUT2D eigenvalue weighted by atomic mass is 10.2. The van der Waals surface area contributed by atoms with Crippen molar-refractivity contribution in [2.24, 2.45) is 5.73 Å². The van der Waals surface area contributed by atoms with E-state index in [0.717, 1.165) is 25.6 Å². The van der Waals surface area contributed by atoms with Crippen LogP contribution in [0.5, 0.6) is 0 Å². The Morgan fingerprint density at radius 3 is 2.69 bits per heavy atom. The van der Waals surface area contributed by atoms with Crippen molar-refractivity contribution in [1.82, 2.24) is 4.90 Å². The predicted molar refractivity (Wildman–Crippen MR) is 61.5 cm³/mol. The molecule has 1 fully saturated rings. The molecule has 90 valence electrons. The van der Waals surface area contributed by atoms with Crippen molar-refractivity contribution < 1.29 is 8.78 Å². The molecule has 0 amide bonds. The first-order chi connectivity index (χ1) is 7.15. The van der Waals surface area contributed by atoms with Crippen LogP contribution in [-0.4, -0.2) is 24.0 Å². The Morgan fingerprint density at radius 2 is 2.12 bits per heavy atom. The lowest BCUT2D eigenvalue weighted by Crippen LogP contribution is -2.26. The zero-order valence-corrected chi connectivity index (χ0v) is 9.64. The lowest BCUT2D eigenvalue weighted by Gasteiger charge is -2.15. The summed E-state index contributed by atoms with van der Waals surface area (Å²) in [6.07, 6.45) is 0.947. The fourth-order valence-electron chi connectivity index (χ4n) is 1.90. The van der Waals surface area contributed by atoms with E-state index in [0.29, 0.717) is 12.1 Å². The van der Waals surface area contributed by atoms with Crippen LogP contribution in [-0.2, 0) is 6.54 Å². The maximum Gasteiger partial charge on any atom is 0.130 e. The van der Waals surface area contributed by atoms with Crippen molar-refractivity contribution >= 4 is 12.4 Å². The van der Waals surface area contributed by atoms with Gasteiger partial charge in [-0.05, 0) is 12.5 Å². The van der Waals surface area contributed by atoms with Crippen molar-refractivity contribution in [3.63, 3.8) is 0 Å². The zero-order valence-electron chi connectivity index (χ0n) is 8.83. The van der Waals surface area contributed by atoms with Crippen molar-refractivity contribution in [3.8, 4) is 0 Å². The molecule has 0 aliphatic carbocycles. The third kappa shape index (κ3) is 3.14. The van der Waals surface area contributed by atoms with Crippen LogP contribution in [0.15, 0.2) is 18.2 Å². The Balaban J connectivity index is 0.00000128. The summed E-state index contributed by atoms with van der Waals surface area (Å²) in [6, 6.07) is 3.89. The van der Waals surface area contributed by atoms with Gasteiger partial charge in [-0.25, -0.2) is 8.78 Å². The lowest BCUT2D eigenvalue weighted by molar-refractivity contribution is 0.321. The number of benzene rings is 1. The Morgan fingerprint density at radius 1 is 1.38 bits per heavy atom. The molecule has 0 spiro atoms. The highest BCUT2D eigenvalue weighted by Crippen LogP contribution is 2.15. The molecule has 1 aliphatic rings. The van der Waals surface area contributed by atoms with E-state index < -0.39 is 11.6 Å². The number of halogens is 3. The van der Waals surface area contributed by atoms with Gasteiger partial charge in [0.25, 0.3) is 0 Å². The highest BCUT2D eigenvalue weighted by molar-refractivity contribution is 5.85. The van der Waals surface area contributed by atoms with Gasteiger partial charge in [0.15, 0.2) is 0 Å². The van der Waals surface area contributed by atoms with Crippen LogP contribution in [0.1, 0.15) is 12.0 Å². The van der Waals surface area contributed by atoms with E-state index >= 15 is 0 Å². The molecule has 2 rings (SSSR count). The number of hydrogen-bond donors (Lipinski definition) is 1. The van der Waals surface area contributed by atoms with Crippen LogP contribution in [0, 0.1) is 11.6 Å². The molecule has 1 aromatic rings. The number of nitrogens with zero attached hydrogens (tertiary/aromatic N) is 1. The van der Waals surface area contributed by atoms with Gasteiger partial charge in [0.2, 0.25) is 0 Å². The third-order valence-electron chi connectivity index (χ3n) is 2.72. The third-order valence-corrected chi connectivity index (χ3v) is 2.72. The summed E-state index contributed by atoms with van der Waals surface area (Å²) in [6.45, 7) is 2.19. The first-order valence-electron chi connectivity index (χ1n) is 5.07. The minimum Gasteiger partial charge on any atom is -0.326 e. The summed E-state index contributed by atoms with van der Waals surface area (Å²) >= 11 is 0. The molecule has 0 bridgehead atoms. The average Bonchev–Trinajstić information content (AvgIpc) is 2.56. The summed E-state index contributed by atoms with van der Waals surface area (Å²) in [4.78, 5) is 2.08. The fraction of sp³-hybridized carbons (Fsp3) is 0.455. The van der Waals surface area contributed by atoms with Gasteiger partial charge in [-0.1, -0.05) is 6.07 Å². The van der Waals surface area contributed by atoms with Gasteiger partial charge in [0, 0.05) is 37.3 Å². The van der Waals surface area contributed by atoms with Crippen molar-refractivity contribution in [1.29, 1.82) is 0 Å². The minimum atomic E-state index is -0.533. The van der Waals surface area contributed by atoms with Crippen LogP contribution in [0.3, 0.4) is 0 Å². The Hall–Kier alpha value is -0.710. The summed E-state index contributed by atoms with van der Waals surface area (Å²) in [7, 11) is 0. The smallest absolute Gasteiger partial charge is 0.130 e. The fourth-order valence-corrected chi connectivity index (χ4v) is 1.90. The van der Waals surface area contributed by atoms with Gasteiger partial charge in [-0.2, -0.15) is 0 Å². The number of likely N-dealkylation sites (tertiary alicyclic amines) is 1. The van der Waals surface area contributed by atoms with Crippen LogP contribution >= 0.6 is 12.4 Å². The number of rotatable bonds is 2. The summed E-state index contributed by atoms with van der Waals surface area (Å²) < 4.78 is 26.0. The van der Waals surface area contributed by atoms with E-state index in [1.807, 2.05) is 0 Å². The van der Waals surface area contributed by atoms with Gasteiger partial charge < -0.3 is 5.73 Å². The summed E-state index contributed by atoms with van der Waals surface area (Å²) in [5.41, 5.74) is 6.28. The molecule has 1 aromatic carbocycles. The first kappa shape index (κ1) is 13.4. The molecule has 16 heavy (non-hydrogen) atoms. The van der Waals surface area contributed by atoms with E-state index in [1.54, 1.807) is 0 Å². The highest BCUT2D eigenvalue weighted by atomic mass is 35.5. The molecule has 1 aliphatic heterocycles. The van der Waals surface area contributed by atoms with Gasteiger partial charge in [0.1, 0.15) is 11.6 Å². The summed E-state index contributed by atoms with van der Waals surface area (Å²) in [5, 5.41) is 0. The SMILES string of the molecule is Cl.NC1CCN(Cc2ccc(F)cc2F)C1. The van der Waals surface area contributed by atoms with Crippen LogP contribution in [0.25, 0.3) is 0 Å². The monoisotopic (exact) mass is 248 g/mol. The molecule has 1 heterocycles. The van der Waals surface area contributed by atoms with Gasteiger partial charge in [-0.15, -0.1) is 12.4 Å². The van der Waals surface area contributed by atoms with E-state index in [2.05, 4.69) is 4.90 Å². The van der Waals surface area contributed by atoms with Crippen LogP contribution in [0.4, 0.5) is 8.78 Å². The predicted octanol–water partition coefficient (Wildman–Crippen LogP) is 1.92. The largest absolute Gasteiger partial charge is 0.326 e.